The predicted molar refractivity (Wildman–Crippen MR) is 18.4 cm³/mol. The van der Waals surface area contributed by atoms with Gasteiger partial charge < -0.3 is 0 Å². The molecule has 0 aromatic carbocycles. The Bertz CT molecular complexity index is 48.8. The van der Waals surface area contributed by atoms with Crippen LogP contribution in [0.5, 0.6) is 0 Å². The molecule has 33 valence electrons. The Morgan fingerprint density at radius 3 is 2.50 bits per heavy atom. The van der Waals surface area contributed by atoms with Crippen molar-refractivity contribution in [2.75, 3.05) is 0 Å². The third-order valence-corrected chi connectivity index (χ3v) is 1.36. The number of amides is 1. The van der Waals surface area contributed by atoms with E-state index in [-0.39, 0.29) is 5.91 Å². The molecule has 0 aromatic rings. The van der Waals surface area contributed by atoms with Crippen molar-refractivity contribution in [3.63, 3.8) is 0 Å². The number of carbonyl (C=O) groups excluding carboxylic acids is 1. The molecule has 0 aliphatic rings. The predicted octanol–water partition coefficient (Wildman–Crippen LogP) is -0.0231. The zero-order valence-corrected chi connectivity index (χ0v) is 6.82. The van der Waals surface area contributed by atoms with E-state index in [0.29, 0.717) is 6.42 Å². The number of carbonyl (C=O) groups is 1. The molecule has 0 rings (SSSR count). The molecule has 2 nitrogen and oxygen atoms in total. The zero-order valence-electron chi connectivity index (χ0n) is 3.62. The summed E-state index contributed by atoms with van der Waals surface area (Å²) in [5.41, 5.74) is 0. The molecule has 0 heterocycles. The Morgan fingerprint density at radius 2 is 2.50 bits per heavy atom. The molecule has 0 saturated heterocycles. The first-order chi connectivity index (χ1) is 2.81. The summed E-state index contributed by atoms with van der Waals surface area (Å²) in [5.74, 6) is 0.154. The van der Waals surface area contributed by atoms with E-state index in [2.05, 4.69) is 1.40 Å². The quantitative estimate of drug-likeness (QED) is 0.655. The molecule has 0 unspecified atom stereocenters. The Labute approximate surface area is 64.0 Å². The van der Waals surface area contributed by atoms with Gasteiger partial charge in [-0.05, 0) is 0 Å². The van der Waals surface area contributed by atoms with Crippen LogP contribution in [0.1, 0.15) is 13.3 Å². The molecule has 0 saturated carbocycles. The number of nitrogens with one attached hydrogen (secondary N) is 1. The van der Waals surface area contributed by atoms with E-state index >= 15 is 0 Å². The van der Waals surface area contributed by atoms with Gasteiger partial charge in [-0.25, -0.2) is 0 Å². The van der Waals surface area contributed by atoms with E-state index in [4.69, 9.17) is 0 Å². The third kappa shape index (κ3) is 3.03. The van der Waals surface area contributed by atoms with E-state index in [0.717, 1.165) is 39.2 Å². The molecule has 0 aliphatic carbocycles. The summed E-state index contributed by atoms with van der Waals surface area (Å²) in [5, 5.41) is 0. The van der Waals surface area contributed by atoms with Crippen molar-refractivity contribution in [1.82, 2.24) is 1.40 Å². The molecular formula is C3H6NNdO. The number of hydrogen-bond donors (Lipinski definition) is 1. The summed E-state index contributed by atoms with van der Waals surface area (Å²) in [6.45, 7) is 1.84. The summed E-state index contributed by atoms with van der Waals surface area (Å²) >= 11 is 0.783. The molecule has 1 N–H and O–H groups in total. The van der Waals surface area contributed by atoms with Gasteiger partial charge in [-0.2, -0.15) is 0 Å². The molecule has 0 aromatic heterocycles. The standard InChI is InChI=1S/C3H7NO.Nd/c1-2-3(4)5;/h2H2,1H3,(H2,4,5);/q;+1/p-1. The molecule has 0 radical (unpaired) electrons. The minimum atomic E-state index is 0.154. The van der Waals surface area contributed by atoms with Gasteiger partial charge in [-0.15, -0.1) is 0 Å². The van der Waals surface area contributed by atoms with Gasteiger partial charge in [-0.3, -0.25) is 0 Å². The summed E-state index contributed by atoms with van der Waals surface area (Å²) in [6, 6.07) is 0. The molecule has 0 spiro atoms. The van der Waals surface area contributed by atoms with E-state index in [1.165, 1.54) is 0 Å². The van der Waals surface area contributed by atoms with Gasteiger partial charge in [0.05, 0.1) is 0 Å². The minimum absolute atomic E-state index is 0.154. The maximum absolute atomic E-state index is 10.1. The fourth-order valence-corrected chi connectivity index (χ4v) is 0.656. The van der Waals surface area contributed by atoms with Crippen molar-refractivity contribution in [1.29, 1.82) is 0 Å². The van der Waals surface area contributed by atoms with Gasteiger partial charge in [-0.1, -0.05) is 0 Å². The van der Waals surface area contributed by atoms with Crippen molar-refractivity contribution in [2.24, 2.45) is 0 Å². The van der Waals surface area contributed by atoms with Gasteiger partial charge in [0, 0.05) is 0 Å². The van der Waals surface area contributed by atoms with Crippen LogP contribution in [0, 0.1) is 39.2 Å². The van der Waals surface area contributed by atoms with Crippen LogP contribution in [0.25, 0.3) is 0 Å². The average Bonchev–Trinajstić information content (AvgIpc) is 1.65. The monoisotopic (exact) mass is 214 g/mol. The molecule has 3 heteroatoms. The maximum atomic E-state index is 10.1. The van der Waals surface area contributed by atoms with Crippen LogP contribution in [-0.2, 0) is 4.79 Å². The van der Waals surface area contributed by atoms with Crippen molar-refractivity contribution < 1.29 is 44.0 Å². The van der Waals surface area contributed by atoms with Gasteiger partial charge in [0.2, 0.25) is 0 Å². The summed E-state index contributed by atoms with van der Waals surface area (Å²) in [7, 11) is 0. The molecule has 6 heavy (non-hydrogen) atoms. The first-order valence-electron chi connectivity index (χ1n) is 1.76. The molecule has 0 fully saturated rings. The normalized spacial score (nSPS) is 7.33. The van der Waals surface area contributed by atoms with Crippen LogP contribution in [0.2, 0.25) is 0 Å². The second-order valence-corrected chi connectivity index (χ2v) is 1.70. The van der Waals surface area contributed by atoms with Crippen LogP contribution in [0.15, 0.2) is 0 Å². The van der Waals surface area contributed by atoms with E-state index in [1.54, 1.807) is 0 Å². The Balaban J connectivity index is 2.99. The third-order valence-electron chi connectivity index (χ3n) is 0.461. The fraction of sp³-hybridized carbons (Fsp3) is 0.667. The molecule has 1 amide bonds. The van der Waals surface area contributed by atoms with Crippen molar-refractivity contribution in [3.8, 4) is 0 Å². The van der Waals surface area contributed by atoms with Gasteiger partial charge in [0.15, 0.2) is 0 Å². The molecule has 0 atom stereocenters. The van der Waals surface area contributed by atoms with E-state index in [1.807, 2.05) is 6.92 Å². The summed E-state index contributed by atoms with van der Waals surface area (Å²) < 4.78 is 2.61. The van der Waals surface area contributed by atoms with Crippen molar-refractivity contribution >= 4 is 5.91 Å². The first kappa shape index (κ1) is 6.82. The Hall–Kier alpha value is 0.821. The van der Waals surface area contributed by atoms with Gasteiger partial charge in [0.25, 0.3) is 0 Å². The SMILES string of the molecule is CCC(=O)[NH][Nd]. The Kier molecular flexibility index (Phi) is 4.54. The number of hydrogen-bond acceptors (Lipinski definition) is 1. The van der Waals surface area contributed by atoms with E-state index < -0.39 is 0 Å². The van der Waals surface area contributed by atoms with Crippen LogP contribution in [0.3, 0.4) is 0 Å². The number of rotatable bonds is 1. The van der Waals surface area contributed by atoms with Crippen LogP contribution in [0.4, 0.5) is 0 Å². The molecular weight excluding hydrogens is 210 g/mol. The van der Waals surface area contributed by atoms with Crippen LogP contribution >= 0.6 is 0 Å². The second-order valence-electron chi connectivity index (χ2n) is 0.902. The van der Waals surface area contributed by atoms with Crippen molar-refractivity contribution in [3.05, 3.63) is 0 Å². The molecule has 0 aliphatic heterocycles. The van der Waals surface area contributed by atoms with Crippen LogP contribution < -0.4 is 1.40 Å². The summed E-state index contributed by atoms with van der Waals surface area (Å²) in [6.07, 6.45) is 0.615. The fourth-order valence-electron chi connectivity index (χ4n) is 0.0884. The van der Waals surface area contributed by atoms with Gasteiger partial charge in [0.1, 0.15) is 0 Å². The topological polar surface area (TPSA) is 29.1 Å². The summed E-state index contributed by atoms with van der Waals surface area (Å²) in [4.78, 5) is 10.1. The average molecular weight is 216 g/mol. The second kappa shape index (κ2) is 3.99. The van der Waals surface area contributed by atoms with Gasteiger partial charge >= 0.3 is 64.6 Å². The first-order valence-corrected chi connectivity index (χ1v) is 3.37. The van der Waals surface area contributed by atoms with Crippen molar-refractivity contribution in [2.45, 2.75) is 13.3 Å². The molecule has 0 bridgehead atoms. The van der Waals surface area contributed by atoms with E-state index in [9.17, 15) is 4.79 Å². The Morgan fingerprint density at radius 1 is 2.00 bits per heavy atom. The zero-order chi connectivity index (χ0) is 4.99. The van der Waals surface area contributed by atoms with Crippen LogP contribution in [-0.4, -0.2) is 5.91 Å².